The summed E-state index contributed by atoms with van der Waals surface area (Å²) < 4.78 is 5.19. The third kappa shape index (κ3) is 4.28. The van der Waals surface area contributed by atoms with Gasteiger partial charge < -0.3 is 15.0 Å². The fourth-order valence-corrected chi connectivity index (χ4v) is 1.60. The summed E-state index contributed by atoms with van der Waals surface area (Å²) in [5.41, 5.74) is 2.24. The molecule has 0 aromatic heterocycles. The molecule has 4 nitrogen and oxygen atoms in total. The van der Waals surface area contributed by atoms with Crippen LogP contribution in [0.4, 0.5) is 5.69 Å². The Morgan fingerprint density at radius 1 is 1.39 bits per heavy atom. The molecule has 0 atom stereocenters. The fraction of sp³-hybridized carbons (Fsp3) is 0.500. The van der Waals surface area contributed by atoms with Gasteiger partial charge in [-0.25, -0.2) is 0 Å². The summed E-state index contributed by atoms with van der Waals surface area (Å²) in [6, 6.07) is 5.94. The second kappa shape index (κ2) is 6.89. The van der Waals surface area contributed by atoms with E-state index in [0.29, 0.717) is 6.42 Å². The normalized spacial score (nSPS) is 10.0. The number of nitrogens with zero attached hydrogens (tertiary/aromatic N) is 1. The smallest absolute Gasteiger partial charge is 0.222 e. The highest BCUT2D eigenvalue weighted by molar-refractivity contribution is 5.75. The first-order valence-corrected chi connectivity index (χ1v) is 6.13. The van der Waals surface area contributed by atoms with Crippen molar-refractivity contribution in [2.75, 3.05) is 33.1 Å². The van der Waals surface area contributed by atoms with Gasteiger partial charge >= 0.3 is 0 Å². The maximum absolute atomic E-state index is 11.4. The van der Waals surface area contributed by atoms with Crippen molar-refractivity contribution in [3.63, 3.8) is 0 Å². The minimum atomic E-state index is 0.166. The molecule has 1 amide bonds. The average Bonchev–Trinajstić information content (AvgIpc) is 2.36. The summed E-state index contributed by atoms with van der Waals surface area (Å²) in [4.78, 5) is 13.0. The zero-order valence-corrected chi connectivity index (χ0v) is 11.6. The van der Waals surface area contributed by atoms with Crippen molar-refractivity contribution in [3.8, 4) is 5.75 Å². The summed E-state index contributed by atoms with van der Waals surface area (Å²) in [6.45, 7) is 2.83. The van der Waals surface area contributed by atoms with E-state index in [1.807, 2.05) is 25.1 Å². The van der Waals surface area contributed by atoms with Crippen molar-refractivity contribution in [3.05, 3.63) is 23.8 Å². The lowest BCUT2D eigenvalue weighted by atomic mass is 10.2. The Hall–Kier alpha value is -1.71. The first kappa shape index (κ1) is 14.4. The second-order valence-electron chi connectivity index (χ2n) is 4.50. The van der Waals surface area contributed by atoms with Crippen LogP contribution >= 0.6 is 0 Å². The number of ether oxygens (including phenoxy) is 1. The van der Waals surface area contributed by atoms with Crippen molar-refractivity contribution in [1.29, 1.82) is 0 Å². The van der Waals surface area contributed by atoms with Crippen LogP contribution in [0.5, 0.6) is 5.75 Å². The number of rotatable bonds is 6. The number of carbonyl (C=O) groups excluding carboxylic acids is 1. The summed E-state index contributed by atoms with van der Waals surface area (Å²) in [5.74, 6) is 1.01. The second-order valence-corrected chi connectivity index (χ2v) is 4.50. The van der Waals surface area contributed by atoms with Crippen LogP contribution in [-0.4, -0.2) is 38.6 Å². The van der Waals surface area contributed by atoms with Gasteiger partial charge in [-0.3, -0.25) is 4.79 Å². The molecular formula is C14H22N2O2. The predicted molar refractivity (Wildman–Crippen MR) is 74.1 cm³/mol. The molecule has 1 aromatic carbocycles. The van der Waals surface area contributed by atoms with Gasteiger partial charge in [0.25, 0.3) is 0 Å². The van der Waals surface area contributed by atoms with Crippen LogP contribution in [-0.2, 0) is 4.79 Å². The molecule has 0 radical (unpaired) electrons. The van der Waals surface area contributed by atoms with Crippen LogP contribution in [0.2, 0.25) is 0 Å². The Bertz CT molecular complexity index is 403. The molecule has 0 fully saturated rings. The Labute approximate surface area is 109 Å². The number of carbonyl (C=O) groups is 1. The van der Waals surface area contributed by atoms with Gasteiger partial charge in [0.05, 0.1) is 7.11 Å². The number of hydrogen-bond donors (Lipinski definition) is 1. The molecular weight excluding hydrogens is 228 g/mol. The van der Waals surface area contributed by atoms with Crippen LogP contribution in [0.15, 0.2) is 18.2 Å². The van der Waals surface area contributed by atoms with Crippen molar-refractivity contribution in [2.45, 2.75) is 19.8 Å². The van der Waals surface area contributed by atoms with Crippen LogP contribution in [0.3, 0.4) is 0 Å². The van der Waals surface area contributed by atoms with E-state index in [1.54, 1.807) is 26.1 Å². The third-order valence-corrected chi connectivity index (χ3v) is 2.83. The molecule has 0 unspecified atom stereocenters. The highest BCUT2D eigenvalue weighted by Gasteiger charge is 2.04. The molecule has 1 rings (SSSR count). The van der Waals surface area contributed by atoms with Gasteiger partial charge in [-0.1, -0.05) is 6.07 Å². The van der Waals surface area contributed by atoms with Crippen LogP contribution in [0.25, 0.3) is 0 Å². The number of aryl methyl sites for hydroxylation is 1. The number of benzene rings is 1. The molecule has 0 spiro atoms. The number of amides is 1. The van der Waals surface area contributed by atoms with E-state index in [4.69, 9.17) is 4.74 Å². The predicted octanol–water partition coefficient (Wildman–Crippen LogP) is 2.28. The van der Waals surface area contributed by atoms with Gasteiger partial charge in [0.15, 0.2) is 0 Å². The lowest BCUT2D eigenvalue weighted by Crippen LogP contribution is -2.22. The summed E-state index contributed by atoms with van der Waals surface area (Å²) in [6.07, 6.45) is 1.40. The number of hydrogen-bond acceptors (Lipinski definition) is 3. The Kier molecular flexibility index (Phi) is 5.49. The molecule has 0 saturated heterocycles. The monoisotopic (exact) mass is 250 g/mol. The molecule has 100 valence electrons. The summed E-state index contributed by atoms with van der Waals surface area (Å²) >= 11 is 0. The van der Waals surface area contributed by atoms with Crippen molar-refractivity contribution < 1.29 is 9.53 Å². The Morgan fingerprint density at radius 3 is 2.72 bits per heavy atom. The minimum absolute atomic E-state index is 0.166. The summed E-state index contributed by atoms with van der Waals surface area (Å²) in [7, 11) is 5.22. The van der Waals surface area contributed by atoms with Gasteiger partial charge in [0, 0.05) is 38.8 Å². The van der Waals surface area contributed by atoms with Gasteiger partial charge in [-0.15, -0.1) is 0 Å². The van der Waals surface area contributed by atoms with Crippen LogP contribution in [0, 0.1) is 6.92 Å². The number of methoxy groups -OCH3 is 1. The maximum atomic E-state index is 11.4. The van der Waals surface area contributed by atoms with E-state index in [-0.39, 0.29) is 5.91 Å². The SMILES string of the molecule is COc1ccc(C)c(NCCCC(=O)N(C)C)c1. The van der Waals surface area contributed by atoms with Crippen LogP contribution in [0.1, 0.15) is 18.4 Å². The highest BCUT2D eigenvalue weighted by Crippen LogP contribution is 2.21. The maximum Gasteiger partial charge on any atom is 0.222 e. The van der Waals surface area contributed by atoms with Gasteiger partial charge in [0.1, 0.15) is 5.75 Å². The van der Waals surface area contributed by atoms with Crippen molar-refractivity contribution >= 4 is 11.6 Å². The summed E-state index contributed by atoms with van der Waals surface area (Å²) in [5, 5.41) is 3.33. The van der Waals surface area contributed by atoms with E-state index in [9.17, 15) is 4.79 Å². The number of nitrogens with one attached hydrogen (secondary N) is 1. The van der Waals surface area contributed by atoms with E-state index in [1.165, 1.54) is 5.56 Å². The van der Waals surface area contributed by atoms with E-state index in [2.05, 4.69) is 5.32 Å². The largest absolute Gasteiger partial charge is 0.497 e. The molecule has 18 heavy (non-hydrogen) atoms. The van der Waals surface area contributed by atoms with E-state index >= 15 is 0 Å². The quantitative estimate of drug-likeness (QED) is 0.788. The highest BCUT2D eigenvalue weighted by atomic mass is 16.5. The zero-order valence-electron chi connectivity index (χ0n) is 11.6. The molecule has 0 bridgehead atoms. The lowest BCUT2D eigenvalue weighted by Gasteiger charge is -2.12. The molecule has 1 N–H and O–H groups in total. The van der Waals surface area contributed by atoms with Gasteiger partial charge in [0.2, 0.25) is 5.91 Å². The Morgan fingerprint density at radius 2 is 2.11 bits per heavy atom. The topological polar surface area (TPSA) is 41.6 Å². The first-order chi connectivity index (χ1) is 8.54. The number of anilines is 1. The zero-order chi connectivity index (χ0) is 13.5. The van der Waals surface area contributed by atoms with E-state index < -0.39 is 0 Å². The standard InChI is InChI=1S/C14H22N2O2/c1-11-7-8-12(18-4)10-13(11)15-9-5-6-14(17)16(2)3/h7-8,10,15H,5-6,9H2,1-4H3. The van der Waals surface area contributed by atoms with Crippen molar-refractivity contribution in [2.24, 2.45) is 0 Å². The lowest BCUT2D eigenvalue weighted by molar-refractivity contribution is -0.128. The van der Waals surface area contributed by atoms with Gasteiger partial charge in [-0.2, -0.15) is 0 Å². The molecule has 0 aliphatic heterocycles. The molecule has 4 heteroatoms. The van der Waals surface area contributed by atoms with Crippen LogP contribution < -0.4 is 10.1 Å². The Balaban J connectivity index is 2.41. The average molecular weight is 250 g/mol. The van der Waals surface area contributed by atoms with E-state index in [0.717, 1.165) is 24.4 Å². The fourth-order valence-electron chi connectivity index (χ4n) is 1.60. The third-order valence-electron chi connectivity index (χ3n) is 2.83. The molecule has 0 heterocycles. The molecule has 0 saturated carbocycles. The first-order valence-electron chi connectivity index (χ1n) is 6.13. The molecule has 0 aliphatic rings. The van der Waals surface area contributed by atoms with Gasteiger partial charge in [-0.05, 0) is 25.0 Å². The molecule has 0 aliphatic carbocycles. The molecule has 1 aromatic rings. The minimum Gasteiger partial charge on any atom is -0.497 e. The van der Waals surface area contributed by atoms with Crippen molar-refractivity contribution in [1.82, 2.24) is 4.90 Å².